The molecule has 0 aliphatic rings. The molecule has 1 aromatic rings. The fourth-order valence-electron chi connectivity index (χ4n) is 1.20. The lowest BCUT2D eigenvalue weighted by Crippen LogP contribution is -2.13. The van der Waals surface area contributed by atoms with E-state index in [9.17, 15) is 17.6 Å². The van der Waals surface area contributed by atoms with Crippen molar-refractivity contribution in [1.29, 1.82) is 5.41 Å². The van der Waals surface area contributed by atoms with Gasteiger partial charge in [-0.2, -0.15) is 13.2 Å². The van der Waals surface area contributed by atoms with E-state index in [1.165, 1.54) is 12.1 Å². The predicted octanol–water partition coefficient (Wildman–Crippen LogP) is 2.58. The fraction of sp³-hybridized carbons (Fsp3) is 0.364. The standard InChI is InChI=1S/C11H12F4N2O/c12-9-5-7(10(16)17)1-2-8(9)6-18-4-3-11(13,14)15/h1-2,5H,3-4,6H2,(H3,16,17). The molecule has 100 valence electrons. The van der Waals surface area contributed by atoms with Gasteiger partial charge in [0.25, 0.3) is 0 Å². The maximum absolute atomic E-state index is 13.4. The Balaban J connectivity index is 2.51. The number of halogens is 4. The Labute approximate surface area is 101 Å². The summed E-state index contributed by atoms with van der Waals surface area (Å²) in [6.07, 6.45) is -5.35. The quantitative estimate of drug-likeness (QED) is 0.371. The molecule has 0 aliphatic heterocycles. The molecule has 3 N–H and O–H groups in total. The Hall–Kier alpha value is -1.63. The van der Waals surface area contributed by atoms with Crippen molar-refractivity contribution < 1.29 is 22.3 Å². The Morgan fingerprint density at radius 2 is 2.00 bits per heavy atom. The lowest BCUT2D eigenvalue weighted by molar-refractivity contribution is -0.146. The summed E-state index contributed by atoms with van der Waals surface area (Å²) >= 11 is 0. The van der Waals surface area contributed by atoms with Gasteiger partial charge in [0.1, 0.15) is 11.7 Å². The summed E-state index contributed by atoms with van der Waals surface area (Å²) in [5.74, 6) is -0.937. The Morgan fingerprint density at radius 1 is 1.33 bits per heavy atom. The third kappa shape index (κ3) is 4.70. The minimum absolute atomic E-state index is 0.127. The first-order chi connectivity index (χ1) is 8.29. The molecule has 0 aromatic heterocycles. The van der Waals surface area contributed by atoms with Crippen LogP contribution in [0, 0.1) is 11.2 Å². The number of hydrogen-bond donors (Lipinski definition) is 2. The Morgan fingerprint density at radius 3 is 2.50 bits per heavy atom. The third-order valence-electron chi connectivity index (χ3n) is 2.15. The van der Waals surface area contributed by atoms with Crippen molar-refractivity contribution in [2.24, 2.45) is 5.73 Å². The van der Waals surface area contributed by atoms with Crippen molar-refractivity contribution in [2.75, 3.05) is 6.61 Å². The van der Waals surface area contributed by atoms with Crippen molar-refractivity contribution in [3.8, 4) is 0 Å². The van der Waals surface area contributed by atoms with E-state index >= 15 is 0 Å². The predicted molar refractivity (Wildman–Crippen MR) is 57.7 cm³/mol. The zero-order valence-corrected chi connectivity index (χ0v) is 9.35. The van der Waals surface area contributed by atoms with Gasteiger partial charge in [0, 0.05) is 11.1 Å². The molecule has 0 atom stereocenters. The van der Waals surface area contributed by atoms with Gasteiger partial charge < -0.3 is 10.5 Å². The van der Waals surface area contributed by atoms with Gasteiger partial charge in [-0.3, -0.25) is 5.41 Å². The first kappa shape index (κ1) is 14.4. The zero-order chi connectivity index (χ0) is 13.8. The fourth-order valence-corrected chi connectivity index (χ4v) is 1.20. The third-order valence-corrected chi connectivity index (χ3v) is 2.15. The Bertz CT molecular complexity index is 432. The summed E-state index contributed by atoms with van der Waals surface area (Å²) in [5, 5.41) is 7.09. The second-order valence-electron chi connectivity index (χ2n) is 3.64. The van der Waals surface area contributed by atoms with Crippen molar-refractivity contribution >= 4 is 5.84 Å². The summed E-state index contributed by atoms with van der Waals surface area (Å²) in [7, 11) is 0. The number of ether oxygens (including phenoxy) is 1. The van der Waals surface area contributed by atoms with E-state index in [-0.39, 0.29) is 23.6 Å². The molecule has 0 bridgehead atoms. The number of rotatable bonds is 5. The van der Waals surface area contributed by atoms with Crippen LogP contribution in [0.2, 0.25) is 0 Å². The normalized spacial score (nSPS) is 11.6. The monoisotopic (exact) mass is 264 g/mol. The van der Waals surface area contributed by atoms with Gasteiger partial charge in [-0.25, -0.2) is 4.39 Å². The molecular weight excluding hydrogens is 252 g/mol. The van der Waals surface area contributed by atoms with Crippen molar-refractivity contribution in [3.63, 3.8) is 0 Å². The van der Waals surface area contributed by atoms with Crippen LogP contribution in [-0.2, 0) is 11.3 Å². The van der Waals surface area contributed by atoms with Crippen molar-refractivity contribution in [2.45, 2.75) is 19.2 Å². The number of nitrogen functional groups attached to an aromatic ring is 1. The highest BCUT2D eigenvalue weighted by Crippen LogP contribution is 2.19. The number of alkyl halides is 3. The largest absolute Gasteiger partial charge is 0.391 e. The van der Waals surface area contributed by atoms with E-state index in [1.54, 1.807) is 0 Å². The van der Waals surface area contributed by atoms with Gasteiger partial charge in [0.15, 0.2) is 0 Å². The minimum Gasteiger partial charge on any atom is -0.384 e. The summed E-state index contributed by atoms with van der Waals surface area (Å²) in [5.41, 5.74) is 5.50. The summed E-state index contributed by atoms with van der Waals surface area (Å²) < 4.78 is 53.6. The Kier molecular flexibility index (Phi) is 4.66. The zero-order valence-electron chi connectivity index (χ0n) is 9.35. The van der Waals surface area contributed by atoms with Crippen molar-refractivity contribution in [1.82, 2.24) is 0 Å². The minimum atomic E-state index is -4.28. The van der Waals surface area contributed by atoms with Gasteiger partial charge >= 0.3 is 6.18 Å². The van der Waals surface area contributed by atoms with Gasteiger partial charge in [0.05, 0.1) is 19.6 Å². The number of amidine groups is 1. The van der Waals surface area contributed by atoms with Crippen molar-refractivity contribution in [3.05, 3.63) is 35.1 Å². The average molecular weight is 264 g/mol. The highest BCUT2D eigenvalue weighted by atomic mass is 19.4. The molecule has 0 unspecified atom stereocenters. The molecule has 0 saturated heterocycles. The van der Waals surface area contributed by atoms with E-state index in [0.29, 0.717) is 0 Å². The molecule has 0 fully saturated rings. The van der Waals surface area contributed by atoms with Crippen LogP contribution < -0.4 is 5.73 Å². The molecule has 3 nitrogen and oxygen atoms in total. The molecule has 0 radical (unpaired) electrons. The highest BCUT2D eigenvalue weighted by Gasteiger charge is 2.26. The average Bonchev–Trinajstić information content (AvgIpc) is 2.24. The second kappa shape index (κ2) is 5.81. The maximum atomic E-state index is 13.4. The van der Waals surface area contributed by atoms with Crippen LogP contribution in [0.15, 0.2) is 18.2 Å². The summed E-state index contributed by atoms with van der Waals surface area (Å²) in [6, 6.07) is 3.79. The lowest BCUT2D eigenvalue weighted by atomic mass is 10.1. The van der Waals surface area contributed by atoms with Crippen LogP contribution in [0.5, 0.6) is 0 Å². The second-order valence-corrected chi connectivity index (χ2v) is 3.64. The first-order valence-electron chi connectivity index (χ1n) is 5.07. The number of hydrogen-bond acceptors (Lipinski definition) is 2. The molecule has 0 saturated carbocycles. The molecule has 1 aromatic carbocycles. The smallest absolute Gasteiger partial charge is 0.384 e. The van der Waals surface area contributed by atoms with Crippen LogP contribution in [0.3, 0.4) is 0 Å². The van der Waals surface area contributed by atoms with Gasteiger partial charge in [-0.05, 0) is 6.07 Å². The molecule has 0 spiro atoms. The van der Waals surface area contributed by atoms with E-state index in [1.807, 2.05) is 0 Å². The van der Waals surface area contributed by atoms with Crippen LogP contribution in [0.4, 0.5) is 17.6 Å². The van der Waals surface area contributed by atoms with E-state index in [0.717, 1.165) is 6.07 Å². The van der Waals surface area contributed by atoms with Crippen LogP contribution in [-0.4, -0.2) is 18.6 Å². The molecule has 0 aliphatic carbocycles. The van der Waals surface area contributed by atoms with E-state index in [2.05, 4.69) is 0 Å². The molecule has 7 heteroatoms. The number of benzene rings is 1. The topological polar surface area (TPSA) is 59.1 Å². The van der Waals surface area contributed by atoms with Crippen LogP contribution in [0.25, 0.3) is 0 Å². The first-order valence-corrected chi connectivity index (χ1v) is 5.07. The molecule has 18 heavy (non-hydrogen) atoms. The molecular formula is C11H12F4N2O. The van der Waals surface area contributed by atoms with Crippen LogP contribution >= 0.6 is 0 Å². The van der Waals surface area contributed by atoms with E-state index < -0.39 is 25.0 Å². The van der Waals surface area contributed by atoms with E-state index in [4.69, 9.17) is 15.9 Å². The summed E-state index contributed by atoms with van der Waals surface area (Å²) in [4.78, 5) is 0. The maximum Gasteiger partial charge on any atom is 0.391 e. The molecule has 1 rings (SSSR count). The number of nitrogens with two attached hydrogens (primary N) is 1. The van der Waals surface area contributed by atoms with Crippen LogP contribution in [0.1, 0.15) is 17.5 Å². The SMILES string of the molecule is N=C(N)c1ccc(COCCC(F)(F)F)c(F)c1. The van der Waals surface area contributed by atoms with Gasteiger partial charge in [0.2, 0.25) is 0 Å². The molecule has 0 heterocycles. The number of nitrogens with one attached hydrogen (secondary N) is 1. The summed E-state index contributed by atoms with van der Waals surface area (Å²) in [6.45, 7) is -0.766. The molecule has 0 amide bonds. The highest BCUT2D eigenvalue weighted by molar-refractivity contribution is 5.94. The lowest BCUT2D eigenvalue weighted by Gasteiger charge is -2.08. The van der Waals surface area contributed by atoms with Gasteiger partial charge in [-0.1, -0.05) is 12.1 Å². The van der Waals surface area contributed by atoms with Gasteiger partial charge in [-0.15, -0.1) is 0 Å².